The molecule has 1 aliphatic rings. The highest BCUT2D eigenvalue weighted by Gasteiger charge is 2.32. The van der Waals surface area contributed by atoms with Gasteiger partial charge in [0.15, 0.2) is 5.78 Å². The number of alkyl halides is 3. The number of amides is 2. The van der Waals surface area contributed by atoms with Crippen molar-refractivity contribution in [2.24, 2.45) is 0 Å². The molecule has 1 N–H and O–H groups in total. The average molecular weight is 565 g/mol. The van der Waals surface area contributed by atoms with E-state index in [1.807, 2.05) is 45.2 Å². The summed E-state index contributed by atoms with van der Waals surface area (Å²) in [5.74, 6) is -0.394. The molecule has 0 fully saturated rings. The van der Waals surface area contributed by atoms with Crippen molar-refractivity contribution in [3.8, 4) is 16.9 Å². The molecular formula is C31H31F3N4O3. The molecular weight excluding hydrogens is 533 g/mol. The first-order chi connectivity index (χ1) is 19.4. The summed E-state index contributed by atoms with van der Waals surface area (Å²) in [6.07, 6.45) is -0.0193. The molecule has 2 aromatic carbocycles. The van der Waals surface area contributed by atoms with Gasteiger partial charge >= 0.3 is 12.4 Å². The van der Waals surface area contributed by atoms with Crippen LogP contribution in [0, 0.1) is 0 Å². The summed E-state index contributed by atoms with van der Waals surface area (Å²) >= 11 is 0. The Hall–Kier alpha value is -4.34. The number of nitrogens with one attached hydrogen (secondary N) is 1. The largest absolute Gasteiger partial charge is 0.573 e. The van der Waals surface area contributed by atoms with Crippen LogP contribution in [0.25, 0.3) is 16.6 Å². The highest BCUT2D eigenvalue weighted by atomic mass is 19.4. The number of hydrogen-bond acceptors (Lipinski definition) is 4. The molecule has 5 rings (SSSR count). The zero-order valence-corrected chi connectivity index (χ0v) is 23.1. The van der Waals surface area contributed by atoms with Gasteiger partial charge in [-0.15, -0.1) is 13.2 Å². The summed E-state index contributed by atoms with van der Waals surface area (Å²) in [7, 11) is 0. The van der Waals surface area contributed by atoms with Crippen LogP contribution < -0.4 is 10.1 Å². The van der Waals surface area contributed by atoms with Crippen molar-refractivity contribution in [2.45, 2.75) is 58.5 Å². The maximum Gasteiger partial charge on any atom is 0.573 e. The van der Waals surface area contributed by atoms with Crippen LogP contribution in [0.5, 0.6) is 5.75 Å². The lowest BCUT2D eigenvalue weighted by Crippen LogP contribution is -2.50. The van der Waals surface area contributed by atoms with Crippen LogP contribution in [0.4, 0.5) is 18.0 Å². The van der Waals surface area contributed by atoms with Gasteiger partial charge in [0.25, 0.3) is 0 Å². The summed E-state index contributed by atoms with van der Waals surface area (Å²) in [6.45, 7) is 6.30. The van der Waals surface area contributed by atoms with Gasteiger partial charge in [0.2, 0.25) is 0 Å². The molecule has 41 heavy (non-hydrogen) atoms. The molecule has 0 spiro atoms. The van der Waals surface area contributed by atoms with Gasteiger partial charge in [-0.2, -0.15) is 5.10 Å². The molecule has 1 aliphatic heterocycles. The molecule has 214 valence electrons. The van der Waals surface area contributed by atoms with Crippen LogP contribution in [0.15, 0.2) is 67.0 Å². The Morgan fingerprint density at radius 3 is 2.59 bits per heavy atom. The molecule has 10 heteroatoms. The van der Waals surface area contributed by atoms with Crippen molar-refractivity contribution in [1.82, 2.24) is 19.8 Å². The maximum absolute atomic E-state index is 13.6. The van der Waals surface area contributed by atoms with E-state index in [2.05, 4.69) is 15.2 Å². The first-order valence-corrected chi connectivity index (χ1v) is 13.4. The SMILES string of the molecule is CC(C)(C)NC(=O)N1CCc2c(-c3cccc(OC(F)(F)F)c3)ccc(C(=O)CCc3cnn4ccccc34)c2C1. The lowest BCUT2D eigenvalue weighted by atomic mass is 9.85. The van der Waals surface area contributed by atoms with Gasteiger partial charge in [0.1, 0.15) is 5.75 Å². The zero-order valence-electron chi connectivity index (χ0n) is 23.1. The Labute approximate surface area is 235 Å². The molecule has 0 radical (unpaired) electrons. The number of aromatic nitrogens is 2. The van der Waals surface area contributed by atoms with Gasteiger partial charge < -0.3 is 15.0 Å². The minimum atomic E-state index is -4.81. The Kier molecular flexibility index (Phi) is 7.50. The first kappa shape index (κ1) is 28.2. The third-order valence-electron chi connectivity index (χ3n) is 6.99. The van der Waals surface area contributed by atoms with E-state index >= 15 is 0 Å². The fourth-order valence-corrected chi connectivity index (χ4v) is 5.20. The molecule has 0 saturated heterocycles. The van der Waals surface area contributed by atoms with Crippen LogP contribution in [0.3, 0.4) is 0 Å². The summed E-state index contributed by atoms with van der Waals surface area (Å²) in [5, 5.41) is 7.32. The Balaban J connectivity index is 1.48. The second kappa shape index (κ2) is 10.9. The molecule has 2 amide bonds. The number of aryl methyl sites for hydroxylation is 1. The van der Waals surface area contributed by atoms with Gasteiger partial charge in [-0.3, -0.25) is 4.79 Å². The van der Waals surface area contributed by atoms with E-state index in [-0.39, 0.29) is 30.5 Å². The lowest BCUT2D eigenvalue weighted by Gasteiger charge is -2.34. The molecule has 0 unspecified atom stereocenters. The molecule has 0 saturated carbocycles. The van der Waals surface area contributed by atoms with Crippen LogP contribution in [0.1, 0.15) is 54.2 Å². The Morgan fingerprint density at radius 1 is 1.02 bits per heavy atom. The Morgan fingerprint density at radius 2 is 1.83 bits per heavy atom. The normalized spacial score (nSPS) is 13.7. The number of halogens is 3. The van der Waals surface area contributed by atoms with E-state index < -0.39 is 11.9 Å². The number of rotatable bonds is 6. The number of nitrogens with zero attached hydrogens (tertiary/aromatic N) is 3. The van der Waals surface area contributed by atoms with E-state index in [0.717, 1.165) is 16.6 Å². The summed E-state index contributed by atoms with van der Waals surface area (Å²) in [4.78, 5) is 28.3. The molecule has 3 heterocycles. The second-order valence-corrected chi connectivity index (χ2v) is 11.2. The first-order valence-electron chi connectivity index (χ1n) is 13.4. The molecule has 0 atom stereocenters. The summed E-state index contributed by atoms with van der Waals surface area (Å²) < 4.78 is 44.5. The predicted molar refractivity (Wildman–Crippen MR) is 149 cm³/mol. The predicted octanol–water partition coefficient (Wildman–Crippen LogP) is 6.58. The van der Waals surface area contributed by atoms with Crippen molar-refractivity contribution in [3.63, 3.8) is 0 Å². The van der Waals surface area contributed by atoms with Gasteiger partial charge in [-0.25, -0.2) is 9.31 Å². The maximum atomic E-state index is 13.6. The smallest absolute Gasteiger partial charge is 0.406 e. The van der Waals surface area contributed by atoms with E-state index in [1.165, 1.54) is 18.2 Å². The lowest BCUT2D eigenvalue weighted by molar-refractivity contribution is -0.274. The minimum Gasteiger partial charge on any atom is -0.406 e. The van der Waals surface area contributed by atoms with E-state index in [4.69, 9.17) is 0 Å². The monoisotopic (exact) mass is 564 g/mol. The number of benzene rings is 2. The van der Waals surface area contributed by atoms with Crippen molar-refractivity contribution in [2.75, 3.05) is 6.54 Å². The molecule has 0 aliphatic carbocycles. The second-order valence-electron chi connectivity index (χ2n) is 11.2. The summed E-state index contributed by atoms with van der Waals surface area (Å²) in [6, 6.07) is 14.8. The van der Waals surface area contributed by atoms with Crippen molar-refractivity contribution >= 4 is 17.3 Å². The standard InChI is InChI=1S/C31H31F3N4O3/c1-30(2,3)36-29(40)37-16-14-24-23(20-7-6-8-22(17-20)41-31(32,33)34)11-12-25(26(24)19-37)28(39)13-10-21-18-35-38-15-5-4-9-27(21)38/h4-9,11-12,15,17-18H,10,13-14,16,19H2,1-3H3,(H,36,40). The number of ketones is 1. The number of ether oxygens (including phenoxy) is 1. The van der Waals surface area contributed by atoms with Gasteiger partial charge in [0.05, 0.1) is 11.7 Å². The van der Waals surface area contributed by atoms with Crippen LogP contribution in [0.2, 0.25) is 0 Å². The van der Waals surface area contributed by atoms with Gasteiger partial charge in [-0.1, -0.05) is 30.3 Å². The Bertz CT molecular complexity index is 1600. The number of hydrogen-bond donors (Lipinski definition) is 1. The van der Waals surface area contributed by atoms with Gasteiger partial charge in [-0.05, 0) is 85.7 Å². The van der Waals surface area contributed by atoms with Crippen molar-refractivity contribution in [3.05, 3.63) is 89.2 Å². The molecule has 2 aromatic heterocycles. The topological polar surface area (TPSA) is 75.9 Å². The fraction of sp³-hybridized carbons (Fsp3) is 0.323. The van der Waals surface area contributed by atoms with E-state index in [1.54, 1.807) is 33.8 Å². The van der Waals surface area contributed by atoms with Gasteiger partial charge in [0, 0.05) is 36.8 Å². The number of fused-ring (bicyclic) bond motifs is 2. The number of pyridine rings is 1. The number of Topliss-reactive ketones (excluding diaryl/α,β-unsaturated/α-hetero) is 1. The minimum absolute atomic E-state index is 0.0738. The van der Waals surface area contributed by atoms with E-state index in [9.17, 15) is 22.8 Å². The fourth-order valence-electron chi connectivity index (χ4n) is 5.20. The third kappa shape index (κ3) is 6.53. The zero-order chi connectivity index (χ0) is 29.4. The average Bonchev–Trinajstić information content (AvgIpc) is 3.32. The van der Waals surface area contributed by atoms with Crippen LogP contribution in [-0.2, 0) is 19.4 Å². The molecule has 4 aromatic rings. The number of urea groups is 1. The number of carbonyl (C=O) groups excluding carboxylic acids is 2. The van der Waals surface area contributed by atoms with Crippen molar-refractivity contribution in [1.29, 1.82) is 0 Å². The highest BCUT2D eigenvalue weighted by Crippen LogP contribution is 2.36. The molecule has 0 bridgehead atoms. The van der Waals surface area contributed by atoms with E-state index in [0.29, 0.717) is 41.6 Å². The third-order valence-corrected chi connectivity index (χ3v) is 6.99. The summed E-state index contributed by atoms with van der Waals surface area (Å²) in [5.41, 5.74) is 4.77. The quantitative estimate of drug-likeness (QED) is 0.269. The van der Waals surface area contributed by atoms with Crippen LogP contribution >= 0.6 is 0 Å². The van der Waals surface area contributed by atoms with Crippen LogP contribution in [-0.4, -0.2) is 44.8 Å². The number of carbonyl (C=O) groups is 2. The highest BCUT2D eigenvalue weighted by molar-refractivity contribution is 5.99. The molecule has 7 nitrogen and oxygen atoms in total. The van der Waals surface area contributed by atoms with Crippen molar-refractivity contribution < 1.29 is 27.5 Å².